The van der Waals surface area contributed by atoms with Crippen molar-refractivity contribution in [1.29, 1.82) is 0 Å². The van der Waals surface area contributed by atoms with Gasteiger partial charge in [0.2, 0.25) is 0 Å². The molecule has 0 saturated heterocycles. The third kappa shape index (κ3) is 1.59. The van der Waals surface area contributed by atoms with Gasteiger partial charge in [0.25, 0.3) is 0 Å². The molecule has 1 unspecified atom stereocenters. The fourth-order valence-corrected chi connectivity index (χ4v) is 0.433. The smallest absolute Gasteiger partial charge is 0.105 e. The van der Waals surface area contributed by atoms with Crippen molar-refractivity contribution in [2.24, 2.45) is 5.92 Å². The maximum atomic E-state index is 11.0. The number of rotatable bonds is 1. The van der Waals surface area contributed by atoms with E-state index >= 15 is 0 Å². The third-order valence-corrected chi connectivity index (χ3v) is 1.00. The van der Waals surface area contributed by atoms with E-state index in [9.17, 15) is 4.39 Å². The zero-order valence-electron chi connectivity index (χ0n) is 3.95. The van der Waals surface area contributed by atoms with Crippen molar-refractivity contribution in [3.05, 3.63) is 6.42 Å². The van der Waals surface area contributed by atoms with Crippen molar-refractivity contribution in [3.8, 4) is 12.1 Å². The predicted octanol–water partition coefficient (Wildman–Crippen LogP) is 1.53. The fourth-order valence-electron chi connectivity index (χ4n) is 0.433. The number of hydrogen-bond acceptors (Lipinski definition) is 0. The number of halogens is 1. The summed E-state index contributed by atoms with van der Waals surface area (Å²) in [7, 11) is 0. The monoisotopic (exact) mass is 97.0 g/mol. The van der Waals surface area contributed by atoms with Crippen LogP contribution in [-0.4, -0.2) is 0 Å². The first kappa shape index (κ1) is 4.64. The van der Waals surface area contributed by atoms with Crippen LogP contribution in [0.4, 0.5) is 4.39 Å². The van der Waals surface area contributed by atoms with Crippen molar-refractivity contribution in [2.75, 3.05) is 0 Å². The molecule has 0 heterocycles. The van der Waals surface area contributed by atoms with E-state index < -0.39 is 0 Å². The van der Waals surface area contributed by atoms with Gasteiger partial charge in [-0.1, -0.05) is 5.92 Å². The van der Waals surface area contributed by atoms with Gasteiger partial charge in [-0.15, -0.1) is 4.39 Å². The summed E-state index contributed by atoms with van der Waals surface area (Å²) in [5.41, 5.74) is 0. The van der Waals surface area contributed by atoms with E-state index in [2.05, 4.69) is 12.3 Å². The highest BCUT2D eigenvalue weighted by atomic mass is 19.1. The van der Waals surface area contributed by atoms with Gasteiger partial charge in [-0.3, -0.25) is 0 Å². The van der Waals surface area contributed by atoms with Crippen LogP contribution in [0.3, 0.4) is 0 Å². The highest BCUT2D eigenvalue weighted by Crippen LogP contribution is 2.29. The van der Waals surface area contributed by atoms with Crippen LogP contribution in [-0.2, 0) is 0 Å². The molecule has 0 N–H and O–H groups in total. The van der Waals surface area contributed by atoms with Crippen molar-refractivity contribution >= 4 is 0 Å². The van der Waals surface area contributed by atoms with Crippen LogP contribution >= 0.6 is 0 Å². The Hall–Kier alpha value is -0.510. The second-order valence-corrected chi connectivity index (χ2v) is 1.71. The first-order valence-electron chi connectivity index (χ1n) is 2.35. The summed E-state index contributed by atoms with van der Waals surface area (Å²) >= 11 is 0. The topological polar surface area (TPSA) is 0 Å². The van der Waals surface area contributed by atoms with E-state index in [-0.39, 0.29) is 0 Å². The average Bonchev–Trinajstić information content (AvgIpc) is 2.42. The van der Waals surface area contributed by atoms with E-state index in [1.165, 1.54) is 6.17 Å². The van der Waals surface area contributed by atoms with Crippen LogP contribution in [0.25, 0.3) is 0 Å². The Morgan fingerprint density at radius 2 is 2.57 bits per heavy atom. The standard InChI is InChI=1S/C6H6F/c7-5-1-2-6-3-4-6/h3,6H,2,4H2. The second-order valence-electron chi connectivity index (χ2n) is 1.71. The molecule has 0 spiro atoms. The Balaban J connectivity index is 2.05. The lowest BCUT2D eigenvalue weighted by Gasteiger charge is -1.74. The lowest BCUT2D eigenvalue weighted by molar-refractivity contribution is 0.767. The highest BCUT2D eigenvalue weighted by Gasteiger charge is 2.19. The molecule has 0 nitrogen and oxygen atoms in total. The quantitative estimate of drug-likeness (QED) is 0.435. The molecule has 37 valence electrons. The van der Waals surface area contributed by atoms with Gasteiger partial charge in [-0.05, 0) is 18.8 Å². The molecular weight excluding hydrogens is 91.1 g/mol. The Morgan fingerprint density at radius 1 is 1.86 bits per heavy atom. The minimum Gasteiger partial charge on any atom is -0.144 e. The van der Waals surface area contributed by atoms with Gasteiger partial charge in [0, 0.05) is 6.42 Å². The molecule has 1 radical (unpaired) electrons. The molecule has 1 fully saturated rings. The molecule has 7 heavy (non-hydrogen) atoms. The minimum atomic E-state index is 0.614. The molecule has 1 heteroatoms. The summed E-state index contributed by atoms with van der Waals surface area (Å²) in [5, 5.41) is 0. The lowest BCUT2D eigenvalue weighted by Crippen LogP contribution is -1.65. The van der Waals surface area contributed by atoms with E-state index in [1.54, 1.807) is 0 Å². The van der Waals surface area contributed by atoms with Gasteiger partial charge < -0.3 is 0 Å². The Morgan fingerprint density at radius 3 is 3.00 bits per heavy atom. The van der Waals surface area contributed by atoms with E-state index in [0.717, 1.165) is 12.8 Å². The SMILES string of the molecule is FC#CCC1[CH]C1. The van der Waals surface area contributed by atoms with E-state index in [0.29, 0.717) is 5.92 Å². The molecule has 0 aliphatic heterocycles. The largest absolute Gasteiger partial charge is 0.144 e. The summed E-state index contributed by atoms with van der Waals surface area (Å²) in [6.07, 6.45) is 5.35. The zero-order valence-corrected chi connectivity index (χ0v) is 3.95. The van der Waals surface area contributed by atoms with E-state index in [4.69, 9.17) is 0 Å². The first-order valence-corrected chi connectivity index (χ1v) is 2.35. The minimum absolute atomic E-state index is 0.614. The van der Waals surface area contributed by atoms with Crippen molar-refractivity contribution in [1.82, 2.24) is 0 Å². The molecule has 1 saturated carbocycles. The second kappa shape index (κ2) is 1.97. The van der Waals surface area contributed by atoms with Gasteiger partial charge in [0.1, 0.15) is 6.17 Å². The molecule has 0 aromatic rings. The summed E-state index contributed by atoms with van der Waals surface area (Å²) in [6.45, 7) is 0. The van der Waals surface area contributed by atoms with Gasteiger partial charge in [-0.25, -0.2) is 0 Å². The predicted molar refractivity (Wildman–Crippen MR) is 25.9 cm³/mol. The third-order valence-electron chi connectivity index (χ3n) is 1.00. The molecular formula is C6H6F. The normalized spacial score (nSPS) is 17.9. The summed E-state index contributed by atoms with van der Waals surface area (Å²) < 4.78 is 11.0. The van der Waals surface area contributed by atoms with Crippen molar-refractivity contribution in [3.63, 3.8) is 0 Å². The van der Waals surface area contributed by atoms with Crippen LogP contribution in [0.15, 0.2) is 0 Å². The highest BCUT2D eigenvalue weighted by molar-refractivity contribution is 5.04. The maximum absolute atomic E-state index is 11.0. The van der Waals surface area contributed by atoms with Crippen LogP contribution in [0.1, 0.15) is 12.8 Å². The summed E-state index contributed by atoms with van der Waals surface area (Å²) in [5.74, 6) is 2.98. The van der Waals surface area contributed by atoms with Crippen LogP contribution < -0.4 is 0 Å². The molecule has 0 bridgehead atoms. The van der Waals surface area contributed by atoms with Crippen LogP contribution in [0, 0.1) is 24.4 Å². The molecule has 1 rings (SSSR count). The molecule has 0 aromatic carbocycles. The molecule has 0 aromatic heterocycles. The summed E-state index contributed by atoms with van der Waals surface area (Å²) in [4.78, 5) is 0. The van der Waals surface area contributed by atoms with Crippen LogP contribution in [0.5, 0.6) is 0 Å². The Kier molecular flexibility index (Phi) is 1.31. The molecule has 1 aliphatic carbocycles. The summed E-state index contributed by atoms with van der Waals surface area (Å²) in [6, 6.07) is 0. The first-order chi connectivity index (χ1) is 3.43. The van der Waals surface area contributed by atoms with Gasteiger partial charge in [0.05, 0.1) is 0 Å². The van der Waals surface area contributed by atoms with Crippen molar-refractivity contribution < 1.29 is 4.39 Å². The van der Waals surface area contributed by atoms with Gasteiger partial charge in [-0.2, -0.15) is 0 Å². The molecule has 1 aliphatic rings. The zero-order chi connectivity index (χ0) is 5.11. The van der Waals surface area contributed by atoms with Crippen molar-refractivity contribution in [2.45, 2.75) is 12.8 Å². The van der Waals surface area contributed by atoms with Gasteiger partial charge >= 0.3 is 0 Å². The Labute approximate surface area is 42.7 Å². The van der Waals surface area contributed by atoms with Gasteiger partial charge in [0.15, 0.2) is 0 Å². The van der Waals surface area contributed by atoms with Crippen LogP contribution in [0.2, 0.25) is 0 Å². The Bertz CT molecular complexity index is 103. The average molecular weight is 97.1 g/mol. The molecule has 1 atom stereocenters. The lowest BCUT2D eigenvalue weighted by atomic mass is 10.3. The fraction of sp³-hybridized carbons (Fsp3) is 0.500. The maximum Gasteiger partial charge on any atom is 0.105 e. The molecule has 0 amide bonds. The van der Waals surface area contributed by atoms with E-state index in [1.807, 2.05) is 0 Å². The number of hydrogen-bond donors (Lipinski definition) is 0.